The zero-order chi connectivity index (χ0) is 19.2. The average molecular weight is 481 g/mol. The van der Waals surface area contributed by atoms with E-state index in [1.807, 2.05) is 0 Å². The molecule has 0 spiro atoms. The summed E-state index contributed by atoms with van der Waals surface area (Å²) < 4.78 is 40.6. The van der Waals surface area contributed by atoms with Crippen molar-refractivity contribution in [3.05, 3.63) is 56.5 Å². The Bertz CT molecular complexity index is 1160. The predicted molar refractivity (Wildman–Crippen MR) is 101 cm³/mol. The van der Waals surface area contributed by atoms with Gasteiger partial charge in [-0.3, -0.25) is 9.36 Å². The topological polar surface area (TPSA) is 81.1 Å². The molecule has 0 aliphatic carbocycles. The van der Waals surface area contributed by atoms with Crippen LogP contribution >= 0.6 is 39.1 Å². The number of aromatic nitrogens is 2. The van der Waals surface area contributed by atoms with Crippen molar-refractivity contribution in [3.8, 4) is 5.69 Å². The van der Waals surface area contributed by atoms with Gasteiger partial charge in [-0.2, -0.15) is 0 Å². The molecule has 0 aliphatic heterocycles. The number of amides is 1. The second kappa shape index (κ2) is 6.80. The Morgan fingerprint density at radius 3 is 2.62 bits per heavy atom. The quantitative estimate of drug-likeness (QED) is 0.615. The van der Waals surface area contributed by atoms with Crippen molar-refractivity contribution in [1.29, 1.82) is 0 Å². The lowest BCUT2D eigenvalue weighted by molar-refractivity contribution is 0.0978. The fraction of sp³-hybridized carbons (Fsp3) is 0.0667. The van der Waals surface area contributed by atoms with Gasteiger partial charge in [0.2, 0.25) is 10.0 Å². The van der Waals surface area contributed by atoms with E-state index >= 15 is 0 Å². The molecule has 0 bridgehead atoms. The maximum absolute atomic E-state index is 14.4. The Morgan fingerprint density at radius 1 is 1.27 bits per heavy atom. The Labute approximate surface area is 166 Å². The van der Waals surface area contributed by atoms with Crippen LogP contribution in [0.3, 0.4) is 0 Å². The van der Waals surface area contributed by atoms with Gasteiger partial charge in [0.1, 0.15) is 11.5 Å². The molecule has 2 heterocycles. The number of sulfonamides is 1. The van der Waals surface area contributed by atoms with E-state index in [2.05, 4.69) is 20.9 Å². The first-order valence-electron chi connectivity index (χ1n) is 6.90. The molecule has 2 aromatic heterocycles. The van der Waals surface area contributed by atoms with Crippen LogP contribution in [-0.4, -0.2) is 30.1 Å². The molecule has 1 aromatic carbocycles. The summed E-state index contributed by atoms with van der Waals surface area (Å²) in [5, 5.41) is 1.02. The fourth-order valence-corrected chi connectivity index (χ4v) is 3.62. The third-order valence-corrected chi connectivity index (χ3v) is 4.97. The number of nitrogens with one attached hydrogen (secondary N) is 1. The van der Waals surface area contributed by atoms with Gasteiger partial charge in [0, 0.05) is 28.3 Å². The van der Waals surface area contributed by atoms with Crippen molar-refractivity contribution in [2.45, 2.75) is 0 Å². The highest BCUT2D eigenvalue weighted by Gasteiger charge is 2.20. The normalized spacial score (nSPS) is 11.7. The van der Waals surface area contributed by atoms with E-state index in [1.54, 1.807) is 17.0 Å². The number of pyridine rings is 1. The van der Waals surface area contributed by atoms with Crippen LogP contribution in [0.25, 0.3) is 16.7 Å². The molecule has 1 N–H and O–H groups in total. The minimum atomic E-state index is -3.84. The molecule has 0 saturated heterocycles. The first kappa shape index (κ1) is 19.1. The molecule has 6 nitrogen and oxygen atoms in total. The van der Waals surface area contributed by atoms with Crippen molar-refractivity contribution in [2.75, 3.05) is 6.26 Å². The number of halogens is 4. The van der Waals surface area contributed by atoms with Gasteiger partial charge in [-0.05, 0) is 28.1 Å². The van der Waals surface area contributed by atoms with Crippen LogP contribution in [0, 0.1) is 5.82 Å². The predicted octanol–water partition coefficient (Wildman–Crippen LogP) is 3.92. The van der Waals surface area contributed by atoms with Crippen LogP contribution < -0.4 is 4.72 Å². The summed E-state index contributed by atoms with van der Waals surface area (Å²) in [6, 6.07) is 3.81. The Balaban J connectivity index is 2.14. The van der Waals surface area contributed by atoms with E-state index in [1.165, 1.54) is 10.8 Å². The molecule has 0 fully saturated rings. The highest BCUT2D eigenvalue weighted by Crippen LogP contribution is 2.32. The van der Waals surface area contributed by atoms with Crippen molar-refractivity contribution in [2.24, 2.45) is 0 Å². The van der Waals surface area contributed by atoms with Crippen molar-refractivity contribution in [1.82, 2.24) is 14.3 Å². The van der Waals surface area contributed by atoms with Gasteiger partial charge >= 0.3 is 0 Å². The van der Waals surface area contributed by atoms with Gasteiger partial charge in [-0.15, -0.1) is 0 Å². The van der Waals surface area contributed by atoms with Gasteiger partial charge in [0.15, 0.2) is 0 Å². The Hall–Kier alpha value is -1.68. The van der Waals surface area contributed by atoms with Crippen LogP contribution in [0.5, 0.6) is 0 Å². The van der Waals surface area contributed by atoms with Crippen molar-refractivity contribution in [3.63, 3.8) is 0 Å². The fourth-order valence-electron chi connectivity index (χ4n) is 2.35. The van der Waals surface area contributed by atoms with Gasteiger partial charge in [-0.25, -0.2) is 22.5 Å². The lowest BCUT2D eigenvalue weighted by Gasteiger charge is -2.10. The standard InChI is InChI=1S/C15H9BrCl2FN3O3S/c1-26(24,25)21-15(23)9-3-10(17)13(4-12(9)19)22-6-11(18)8-2-7(16)5-20-14(8)22/h2-6H,1H3,(H,21,23). The average Bonchev–Trinajstić information content (AvgIpc) is 2.84. The highest BCUT2D eigenvalue weighted by atomic mass is 79.9. The molecule has 0 radical (unpaired) electrons. The van der Waals surface area contributed by atoms with Crippen LogP contribution in [0.1, 0.15) is 10.4 Å². The number of nitrogens with zero attached hydrogens (tertiary/aromatic N) is 2. The molecule has 3 rings (SSSR count). The van der Waals surface area contributed by atoms with Gasteiger partial charge in [0.05, 0.1) is 27.6 Å². The largest absolute Gasteiger partial charge is 0.298 e. The summed E-state index contributed by atoms with van der Waals surface area (Å²) in [7, 11) is -3.84. The zero-order valence-corrected chi connectivity index (χ0v) is 16.8. The molecule has 1 amide bonds. The van der Waals surface area contributed by atoms with Crippen LogP contribution in [0.4, 0.5) is 4.39 Å². The number of carbonyl (C=O) groups excluding carboxylic acids is 1. The summed E-state index contributed by atoms with van der Waals surface area (Å²) in [6.07, 6.45) is 3.85. The summed E-state index contributed by atoms with van der Waals surface area (Å²) >= 11 is 15.7. The smallest absolute Gasteiger partial charge is 0.267 e. The number of fused-ring (bicyclic) bond motifs is 1. The molecular formula is C15H9BrCl2FN3O3S. The lowest BCUT2D eigenvalue weighted by atomic mass is 10.2. The second-order valence-electron chi connectivity index (χ2n) is 5.36. The van der Waals surface area contributed by atoms with E-state index in [-0.39, 0.29) is 10.7 Å². The maximum atomic E-state index is 14.4. The number of carbonyl (C=O) groups is 1. The molecule has 3 aromatic rings. The molecule has 0 unspecified atom stereocenters. The number of hydrogen-bond donors (Lipinski definition) is 1. The third-order valence-electron chi connectivity index (χ3n) is 3.38. The molecule has 11 heteroatoms. The first-order valence-corrected chi connectivity index (χ1v) is 10.3. The Kier molecular flexibility index (Phi) is 5.00. The molecule has 0 saturated carbocycles. The minimum absolute atomic E-state index is 0.0170. The van der Waals surface area contributed by atoms with Crippen molar-refractivity contribution < 1.29 is 17.6 Å². The van der Waals surface area contributed by atoms with E-state index in [9.17, 15) is 17.6 Å². The molecule has 136 valence electrons. The number of hydrogen-bond acceptors (Lipinski definition) is 4. The van der Waals surface area contributed by atoms with E-state index in [4.69, 9.17) is 23.2 Å². The monoisotopic (exact) mass is 479 g/mol. The van der Waals surface area contributed by atoms with Crippen molar-refractivity contribution >= 4 is 66.1 Å². The summed E-state index contributed by atoms with van der Waals surface area (Å²) in [5.41, 5.74) is 0.141. The molecule has 26 heavy (non-hydrogen) atoms. The third kappa shape index (κ3) is 3.71. The molecule has 0 atom stereocenters. The van der Waals surface area contributed by atoms with Crippen LogP contribution in [0.2, 0.25) is 10.0 Å². The number of benzene rings is 1. The van der Waals surface area contributed by atoms with Crippen LogP contribution in [0.15, 0.2) is 35.1 Å². The van der Waals surface area contributed by atoms with E-state index in [0.29, 0.717) is 16.1 Å². The zero-order valence-electron chi connectivity index (χ0n) is 12.9. The molecule has 0 aliphatic rings. The minimum Gasteiger partial charge on any atom is -0.298 e. The van der Waals surface area contributed by atoms with E-state index in [0.717, 1.165) is 22.9 Å². The first-order chi connectivity index (χ1) is 12.1. The van der Waals surface area contributed by atoms with Gasteiger partial charge in [-0.1, -0.05) is 23.2 Å². The lowest BCUT2D eigenvalue weighted by Crippen LogP contribution is -2.30. The van der Waals surface area contributed by atoms with Gasteiger partial charge in [0.25, 0.3) is 5.91 Å². The van der Waals surface area contributed by atoms with E-state index < -0.39 is 27.3 Å². The van der Waals surface area contributed by atoms with Crippen LogP contribution in [-0.2, 0) is 10.0 Å². The van der Waals surface area contributed by atoms with Gasteiger partial charge < -0.3 is 0 Å². The summed E-state index contributed by atoms with van der Waals surface area (Å²) in [6.45, 7) is 0. The SMILES string of the molecule is CS(=O)(=O)NC(=O)c1cc(Cl)c(-n2cc(Cl)c3cc(Br)cnc32)cc1F. The number of rotatable bonds is 3. The summed E-state index contributed by atoms with van der Waals surface area (Å²) in [5.74, 6) is -2.06. The highest BCUT2D eigenvalue weighted by molar-refractivity contribution is 9.10. The molecular weight excluding hydrogens is 472 g/mol. The maximum Gasteiger partial charge on any atom is 0.267 e. The summed E-state index contributed by atoms with van der Waals surface area (Å²) in [4.78, 5) is 16.1. The Morgan fingerprint density at radius 2 is 1.96 bits per heavy atom. The second-order valence-corrected chi connectivity index (χ2v) is 8.84.